The number of nitrogens with one attached hydrogen (secondary N) is 1. The van der Waals surface area contributed by atoms with E-state index in [0.717, 1.165) is 0 Å². The number of alkyl carbamates (subject to hydrolysis) is 1. The van der Waals surface area contributed by atoms with Gasteiger partial charge in [-0.15, -0.1) is 0 Å². The van der Waals surface area contributed by atoms with Crippen molar-refractivity contribution in [3.05, 3.63) is 0 Å². The molecule has 0 saturated heterocycles. The van der Waals surface area contributed by atoms with E-state index in [9.17, 15) is 18.0 Å². The van der Waals surface area contributed by atoms with Crippen LogP contribution in [0.4, 0.5) is 18.0 Å². The van der Waals surface area contributed by atoms with Crippen LogP contribution >= 0.6 is 0 Å². The van der Waals surface area contributed by atoms with Crippen LogP contribution < -0.4 is 5.32 Å². The van der Waals surface area contributed by atoms with Gasteiger partial charge < -0.3 is 10.1 Å². The number of hydrogen-bond acceptors (Lipinski definition) is 2. The van der Waals surface area contributed by atoms with E-state index in [-0.39, 0.29) is 13.0 Å². The highest BCUT2D eigenvalue weighted by Gasteiger charge is 2.49. The molecule has 0 aromatic rings. The topological polar surface area (TPSA) is 38.3 Å². The van der Waals surface area contributed by atoms with E-state index in [1.807, 2.05) is 0 Å². The van der Waals surface area contributed by atoms with Crippen LogP contribution in [-0.4, -0.2) is 24.4 Å². The molecule has 0 aromatic heterocycles. The molecule has 0 unspecified atom stereocenters. The van der Waals surface area contributed by atoms with Gasteiger partial charge in [0.05, 0.1) is 5.92 Å². The van der Waals surface area contributed by atoms with Crippen molar-refractivity contribution in [2.24, 2.45) is 11.8 Å². The molecule has 1 rings (SSSR count). The summed E-state index contributed by atoms with van der Waals surface area (Å²) in [6.45, 7) is 5.14. The third-order valence-corrected chi connectivity index (χ3v) is 2.75. The smallest absolute Gasteiger partial charge is 0.407 e. The predicted octanol–water partition coefficient (Wildman–Crippen LogP) is 3.10. The van der Waals surface area contributed by atoms with Crippen LogP contribution in [0.2, 0.25) is 0 Å². The molecule has 17 heavy (non-hydrogen) atoms. The lowest BCUT2D eigenvalue weighted by Gasteiger charge is -2.37. The maximum absolute atomic E-state index is 12.4. The van der Waals surface area contributed by atoms with E-state index < -0.39 is 29.7 Å². The first kappa shape index (κ1) is 14.1. The Morgan fingerprint density at radius 1 is 1.29 bits per heavy atom. The molecule has 0 radical (unpaired) electrons. The van der Waals surface area contributed by atoms with Crippen LogP contribution in [0.25, 0.3) is 0 Å². The summed E-state index contributed by atoms with van der Waals surface area (Å²) >= 11 is 0. The number of halogens is 3. The SMILES string of the molecule is CC(C)(C)OC(=O)NC[C@H]1CC[C@@H]1C(F)(F)F. The molecule has 0 bridgehead atoms. The van der Waals surface area contributed by atoms with E-state index >= 15 is 0 Å². The van der Waals surface area contributed by atoms with Gasteiger partial charge in [0.15, 0.2) is 0 Å². The van der Waals surface area contributed by atoms with E-state index in [4.69, 9.17) is 4.74 Å². The van der Waals surface area contributed by atoms with Gasteiger partial charge in [0, 0.05) is 6.54 Å². The summed E-state index contributed by atoms with van der Waals surface area (Å²) in [6, 6.07) is 0. The average molecular weight is 253 g/mol. The van der Waals surface area contributed by atoms with Crippen molar-refractivity contribution in [3.8, 4) is 0 Å². The molecule has 0 aromatic carbocycles. The standard InChI is InChI=1S/C11H18F3NO2/c1-10(2,3)17-9(16)15-6-7-4-5-8(7)11(12,13)14/h7-8H,4-6H2,1-3H3,(H,15,16)/t7-,8+/m1/s1. The summed E-state index contributed by atoms with van der Waals surface area (Å²) in [5.74, 6) is -1.79. The van der Waals surface area contributed by atoms with Crippen LogP contribution in [0.15, 0.2) is 0 Å². The molecule has 1 N–H and O–H groups in total. The van der Waals surface area contributed by atoms with Gasteiger partial charge in [-0.3, -0.25) is 0 Å². The summed E-state index contributed by atoms with van der Waals surface area (Å²) in [4.78, 5) is 11.2. The molecule has 1 fully saturated rings. The van der Waals surface area contributed by atoms with E-state index in [0.29, 0.717) is 6.42 Å². The lowest BCUT2D eigenvalue weighted by atomic mass is 9.73. The molecular weight excluding hydrogens is 235 g/mol. The number of amides is 1. The van der Waals surface area contributed by atoms with Crippen molar-refractivity contribution in [2.45, 2.75) is 45.4 Å². The minimum Gasteiger partial charge on any atom is -0.444 e. The third-order valence-electron chi connectivity index (χ3n) is 2.75. The summed E-state index contributed by atoms with van der Waals surface area (Å²) in [6.07, 6.45) is -4.16. The fourth-order valence-corrected chi connectivity index (χ4v) is 1.77. The Bertz CT molecular complexity index is 283. The molecule has 0 aliphatic heterocycles. The van der Waals surface area contributed by atoms with E-state index in [2.05, 4.69) is 5.32 Å². The lowest BCUT2D eigenvalue weighted by molar-refractivity contribution is -0.212. The van der Waals surface area contributed by atoms with Crippen LogP contribution in [0.5, 0.6) is 0 Å². The maximum atomic E-state index is 12.4. The zero-order valence-electron chi connectivity index (χ0n) is 10.2. The van der Waals surface area contributed by atoms with Crippen molar-refractivity contribution < 1.29 is 22.7 Å². The van der Waals surface area contributed by atoms with E-state index in [1.54, 1.807) is 20.8 Å². The lowest BCUT2D eigenvalue weighted by Crippen LogP contribution is -2.45. The Labute approximate surface area is 98.7 Å². The van der Waals surface area contributed by atoms with Crippen LogP contribution in [-0.2, 0) is 4.74 Å². The Morgan fingerprint density at radius 2 is 1.88 bits per heavy atom. The third kappa shape index (κ3) is 4.44. The molecule has 1 aliphatic carbocycles. The number of ether oxygens (including phenoxy) is 1. The Kier molecular flexibility index (Phi) is 3.94. The van der Waals surface area contributed by atoms with Crippen molar-refractivity contribution in [2.75, 3.05) is 6.54 Å². The monoisotopic (exact) mass is 253 g/mol. The predicted molar refractivity (Wildman–Crippen MR) is 56.5 cm³/mol. The number of hydrogen-bond donors (Lipinski definition) is 1. The first-order chi connectivity index (χ1) is 7.59. The number of rotatable bonds is 2. The molecule has 1 saturated carbocycles. The Hall–Kier alpha value is -0.940. The summed E-state index contributed by atoms with van der Waals surface area (Å²) in [5.41, 5.74) is -0.632. The fourth-order valence-electron chi connectivity index (χ4n) is 1.77. The van der Waals surface area contributed by atoms with Crippen LogP contribution in [0, 0.1) is 11.8 Å². The molecule has 0 spiro atoms. The highest BCUT2D eigenvalue weighted by atomic mass is 19.4. The molecule has 3 nitrogen and oxygen atoms in total. The maximum Gasteiger partial charge on any atom is 0.407 e. The minimum absolute atomic E-state index is 0.0269. The van der Waals surface area contributed by atoms with Gasteiger partial charge in [-0.25, -0.2) is 4.79 Å². The van der Waals surface area contributed by atoms with E-state index in [1.165, 1.54) is 0 Å². The molecule has 1 amide bonds. The second-order valence-corrected chi connectivity index (χ2v) is 5.37. The van der Waals surface area contributed by atoms with Gasteiger partial charge in [0.2, 0.25) is 0 Å². The average Bonchev–Trinajstić information content (AvgIpc) is 1.94. The van der Waals surface area contributed by atoms with Crippen molar-refractivity contribution >= 4 is 6.09 Å². The number of carbonyl (C=O) groups excluding carboxylic acids is 1. The van der Waals surface area contributed by atoms with Gasteiger partial charge in [-0.2, -0.15) is 13.2 Å². The molecule has 2 atom stereocenters. The van der Waals surface area contributed by atoms with Gasteiger partial charge in [-0.05, 0) is 39.5 Å². The largest absolute Gasteiger partial charge is 0.444 e. The van der Waals surface area contributed by atoms with Crippen LogP contribution in [0.3, 0.4) is 0 Å². The van der Waals surface area contributed by atoms with Crippen molar-refractivity contribution in [3.63, 3.8) is 0 Å². The Morgan fingerprint density at radius 3 is 2.24 bits per heavy atom. The van der Waals surface area contributed by atoms with Crippen molar-refractivity contribution in [1.29, 1.82) is 0 Å². The van der Waals surface area contributed by atoms with Crippen LogP contribution in [0.1, 0.15) is 33.6 Å². The van der Waals surface area contributed by atoms with Gasteiger partial charge in [0.1, 0.15) is 5.60 Å². The second-order valence-electron chi connectivity index (χ2n) is 5.37. The molecule has 6 heteroatoms. The molecule has 0 heterocycles. The summed E-state index contributed by atoms with van der Waals surface area (Å²) in [5, 5.41) is 2.38. The second kappa shape index (κ2) is 4.74. The highest BCUT2D eigenvalue weighted by Crippen LogP contribution is 2.45. The summed E-state index contributed by atoms with van der Waals surface area (Å²) in [7, 11) is 0. The quantitative estimate of drug-likeness (QED) is 0.821. The zero-order chi connectivity index (χ0) is 13.3. The zero-order valence-corrected chi connectivity index (χ0v) is 10.2. The van der Waals surface area contributed by atoms with Gasteiger partial charge in [0.25, 0.3) is 0 Å². The summed E-state index contributed by atoms with van der Waals surface area (Å²) < 4.78 is 42.2. The molecule has 100 valence electrons. The van der Waals surface area contributed by atoms with Gasteiger partial charge >= 0.3 is 12.3 Å². The molecular formula is C11H18F3NO2. The van der Waals surface area contributed by atoms with Gasteiger partial charge in [-0.1, -0.05) is 0 Å². The first-order valence-corrected chi connectivity index (χ1v) is 5.63. The molecule has 1 aliphatic rings. The fraction of sp³-hybridized carbons (Fsp3) is 0.909. The first-order valence-electron chi connectivity index (χ1n) is 5.63. The van der Waals surface area contributed by atoms with Crippen molar-refractivity contribution in [1.82, 2.24) is 5.32 Å². The number of alkyl halides is 3. The Balaban J connectivity index is 2.30. The minimum atomic E-state index is -4.15. The highest BCUT2D eigenvalue weighted by molar-refractivity contribution is 5.67. The number of carbonyl (C=O) groups is 1. The normalized spacial score (nSPS) is 25.1.